The van der Waals surface area contributed by atoms with Crippen molar-refractivity contribution in [3.63, 3.8) is 0 Å². The average molecular weight is 518 g/mol. The summed E-state index contributed by atoms with van der Waals surface area (Å²) >= 11 is 0.867. The van der Waals surface area contributed by atoms with Crippen molar-refractivity contribution in [1.29, 1.82) is 0 Å². The zero-order valence-electron chi connectivity index (χ0n) is 2.58. The van der Waals surface area contributed by atoms with Gasteiger partial charge in [-0.1, -0.05) is 0 Å². The molecule has 0 atom stereocenters. The Balaban J connectivity index is -0.0000000480. The monoisotopic (exact) mass is 516 g/mol. The first-order valence-corrected chi connectivity index (χ1v) is 7.63. The van der Waals surface area contributed by atoms with Gasteiger partial charge in [-0.3, -0.25) is 0 Å². The Labute approximate surface area is 88.2 Å². The Hall–Kier alpha value is 2.82. The van der Waals surface area contributed by atoms with Crippen molar-refractivity contribution in [3.05, 3.63) is 0 Å². The first kappa shape index (κ1) is 16.4. The molecule has 7 heavy (non-hydrogen) atoms. The molecule has 0 aromatic heterocycles. The minimum atomic E-state index is -4.01. The zero-order chi connectivity index (χ0) is 5.58. The van der Waals surface area contributed by atoms with E-state index in [-0.39, 0.29) is 22.4 Å². The summed E-state index contributed by atoms with van der Waals surface area (Å²) in [4.78, 5) is 0. The normalized spacial score (nSPS) is 6.14. The van der Waals surface area contributed by atoms with E-state index >= 15 is 0 Å². The van der Waals surface area contributed by atoms with Gasteiger partial charge in [-0.2, -0.15) is 0 Å². The number of rotatable bonds is 0. The summed E-state index contributed by atoms with van der Waals surface area (Å²) < 4.78 is 25.7. The molecule has 0 bridgehead atoms. The Morgan fingerprint density at radius 1 is 1.14 bits per heavy atom. The van der Waals surface area contributed by atoms with Crippen molar-refractivity contribution >= 4 is 19.0 Å². The Bertz CT molecular complexity index is 15.7. The molecule has 0 aromatic carbocycles. The van der Waals surface area contributed by atoms with Crippen LogP contribution in [0.5, 0.6) is 0 Å². The summed E-state index contributed by atoms with van der Waals surface area (Å²) in [6.45, 7) is 0. The van der Waals surface area contributed by atoms with E-state index in [9.17, 15) is 0 Å². The third kappa shape index (κ3) is 51.6. The molecule has 0 heterocycles. The number of halogens is 2. The van der Waals surface area contributed by atoms with E-state index in [4.69, 9.17) is 10.3 Å². The van der Waals surface area contributed by atoms with E-state index in [1.54, 1.807) is 0 Å². The van der Waals surface area contributed by atoms with Crippen LogP contribution in [0.4, 0.5) is 0 Å². The predicted octanol–water partition coefficient (Wildman–Crippen LogP) is -5.68. The number of hydrogen-bond donors (Lipinski definition) is 0. The number of hydrogen-bond acceptors (Lipinski definition) is 3. The van der Waals surface area contributed by atoms with Gasteiger partial charge in [0.2, 0.25) is 0 Å². The molecule has 0 N–H and O–H groups in total. The second-order valence-corrected chi connectivity index (χ2v) is 1.27. The van der Waals surface area contributed by atoms with Gasteiger partial charge in [0.1, 0.15) is 0 Å². The molecule has 0 rings (SSSR count). The van der Waals surface area contributed by atoms with Crippen LogP contribution < -0.4 is 31.4 Å². The van der Waals surface area contributed by atoms with Crippen molar-refractivity contribution in [2.45, 2.75) is 0 Å². The molecule has 0 saturated heterocycles. The molecule has 0 spiro atoms. The zero-order valence-corrected chi connectivity index (χ0v) is 9.86. The summed E-state index contributed by atoms with van der Waals surface area (Å²) in [6.07, 6.45) is 0. The van der Waals surface area contributed by atoms with Crippen LogP contribution in [0.25, 0.3) is 0 Å². The van der Waals surface area contributed by atoms with Crippen molar-refractivity contribution in [2.75, 3.05) is 0 Å². The second-order valence-electron chi connectivity index (χ2n) is 0.189. The molecule has 7 heteroatoms. The predicted molar refractivity (Wildman–Crippen MR) is 14.0 cm³/mol. The van der Waals surface area contributed by atoms with Gasteiger partial charge in [0.15, 0.2) is 0 Å². The molecule has 0 saturated carbocycles. The molecule has 3 nitrogen and oxygen atoms in total. The van der Waals surface area contributed by atoms with Gasteiger partial charge in [-0.05, 0) is 0 Å². The maximum absolute atomic E-state index is 8.57. The van der Waals surface area contributed by atoms with Crippen LogP contribution in [0.1, 0.15) is 0 Å². The van der Waals surface area contributed by atoms with Crippen LogP contribution >= 0.6 is 19.0 Å². The van der Waals surface area contributed by atoms with Crippen molar-refractivity contribution in [2.24, 2.45) is 0 Å². The summed E-state index contributed by atoms with van der Waals surface area (Å²) in [5.41, 5.74) is 0. The van der Waals surface area contributed by atoms with Gasteiger partial charge in [0, 0.05) is 0 Å². The summed E-state index contributed by atoms with van der Waals surface area (Å²) in [5.74, 6) is 0. The van der Waals surface area contributed by atoms with Crippen molar-refractivity contribution < 1.29 is 71.0 Å². The maximum Gasteiger partial charge on any atom is 0.282 e. The SMILES string of the molecule is [Ag+].[Ag][I].[O-][I+2]([O-])[O-]. The molecule has 0 fully saturated rings. The Kier molecular flexibility index (Phi) is 37.4. The van der Waals surface area contributed by atoms with E-state index in [0.29, 0.717) is 0 Å². The molecule has 0 unspecified atom stereocenters. The molecule has 0 aliphatic heterocycles. The van der Waals surface area contributed by atoms with Crippen LogP contribution in [-0.2, 0) is 39.6 Å². The fourth-order valence-electron chi connectivity index (χ4n) is 0. The van der Waals surface area contributed by atoms with E-state index in [0.717, 1.165) is 0 Å². The summed E-state index contributed by atoms with van der Waals surface area (Å²) in [6, 6.07) is 0. The average Bonchev–Trinajstić information content (AvgIpc) is 1.41. The van der Waals surface area contributed by atoms with E-state index in [2.05, 4.69) is 17.3 Å². The molecular formula is Ag2I2O3. The standard InChI is InChI=1S/2Ag.IO3.HI/c;;2-1(3)4;/h;;;1H/q2*+1;-1;/p-1. The van der Waals surface area contributed by atoms with E-state index in [1.807, 2.05) is 19.0 Å². The van der Waals surface area contributed by atoms with Gasteiger partial charge >= 0.3 is 58.7 Å². The Morgan fingerprint density at radius 3 is 1.14 bits per heavy atom. The van der Waals surface area contributed by atoms with Crippen LogP contribution in [-0.4, -0.2) is 0 Å². The van der Waals surface area contributed by atoms with E-state index < -0.39 is 21.1 Å². The maximum atomic E-state index is 8.57. The summed E-state index contributed by atoms with van der Waals surface area (Å²) in [7, 11) is 0. The van der Waals surface area contributed by atoms with Gasteiger partial charge in [0.05, 0.1) is 0 Å². The van der Waals surface area contributed by atoms with E-state index in [1.165, 1.54) is 0 Å². The van der Waals surface area contributed by atoms with Crippen LogP contribution in [0.15, 0.2) is 0 Å². The second kappa shape index (κ2) is 15.9. The van der Waals surface area contributed by atoms with Crippen LogP contribution in [0, 0.1) is 0 Å². The van der Waals surface area contributed by atoms with Gasteiger partial charge in [-0.25, -0.2) is 0 Å². The summed E-state index contributed by atoms with van der Waals surface area (Å²) in [5, 5.41) is 0. The quantitative estimate of drug-likeness (QED) is 0.238. The van der Waals surface area contributed by atoms with Gasteiger partial charge in [-0.15, -0.1) is 0 Å². The molecule has 0 aliphatic carbocycles. The third-order valence-electron chi connectivity index (χ3n) is 0. The molecule has 0 aromatic rings. The van der Waals surface area contributed by atoms with Crippen molar-refractivity contribution in [1.82, 2.24) is 0 Å². The van der Waals surface area contributed by atoms with Crippen LogP contribution in [0.3, 0.4) is 0 Å². The van der Waals surface area contributed by atoms with Crippen molar-refractivity contribution in [3.8, 4) is 0 Å². The van der Waals surface area contributed by atoms with Gasteiger partial charge in [0.25, 0.3) is 21.1 Å². The first-order chi connectivity index (χ1) is 2.73. The molecular weight excluding hydrogens is 518 g/mol. The molecule has 0 radical (unpaired) electrons. The van der Waals surface area contributed by atoms with Gasteiger partial charge < -0.3 is 10.3 Å². The molecule has 54 valence electrons. The minimum absolute atomic E-state index is 0. The minimum Gasteiger partial charge on any atom is -0.427 e. The molecule has 0 amide bonds. The smallest absolute Gasteiger partial charge is 0.282 e. The fraction of sp³-hybridized carbons (Fsp3) is 0. The topological polar surface area (TPSA) is 69.2 Å². The van der Waals surface area contributed by atoms with Crippen LogP contribution in [0.2, 0.25) is 0 Å². The first-order valence-electron chi connectivity index (χ1n) is 0.577. The largest absolute Gasteiger partial charge is 0.427 e. The Morgan fingerprint density at radius 2 is 1.14 bits per heavy atom. The third-order valence-corrected chi connectivity index (χ3v) is 0. The molecule has 0 aliphatic rings. The fourth-order valence-corrected chi connectivity index (χ4v) is 0.